The molecular formula is C12H21N3O3. The normalized spacial score (nSPS) is 23.4. The lowest BCUT2D eigenvalue weighted by molar-refractivity contribution is -0.141. The van der Waals surface area contributed by atoms with Crippen molar-refractivity contribution in [3.05, 3.63) is 0 Å². The van der Waals surface area contributed by atoms with Crippen molar-refractivity contribution in [3.8, 4) is 0 Å². The SMILES string of the molecule is CN(CCNC(=O)N1CCC(C(=O)O)C1)C1CC1. The number of aliphatic carboxylic acids is 1. The van der Waals surface area contributed by atoms with Crippen molar-refractivity contribution in [1.29, 1.82) is 0 Å². The summed E-state index contributed by atoms with van der Waals surface area (Å²) < 4.78 is 0. The van der Waals surface area contributed by atoms with Crippen LogP contribution in [-0.2, 0) is 4.79 Å². The molecule has 1 aliphatic heterocycles. The highest BCUT2D eigenvalue weighted by Crippen LogP contribution is 2.24. The third-order valence-corrected chi connectivity index (χ3v) is 3.74. The third-order valence-electron chi connectivity index (χ3n) is 3.74. The van der Waals surface area contributed by atoms with E-state index in [-0.39, 0.29) is 6.03 Å². The van der Waals surface area contributed by atoms with E-state index in [9.17, 15) is 9.59 Å². The highest BCUT2D eigenvalue weighted by molar-refractivity contribution is 5.77. The predicted octanol–water partition coefficient (Wildman–Crippen LogP) is 0.197. The number of carbonyl (C=O) groups is 2. The van der Waals surface area contributed by atoms with E-state index in [1.807, 2.05) is 0 Å². The monoisotopic (exact) mass is 255 g/mol. The van der Waals surface area contributed by atoms with Crippen molar-refractivity contribution in [2.45, 2.75) is 25.3 Å². The van der Waals surface area contributed by atoms with Gasteiger partial charge in [-0.15, -0.1) is 0 Å². The first kappa shape index (κ1) is 13.1. The number of nitrogens with zero attached hydrogens (tertiary/aromatic N) is 2. The van der Waals surface area contributed by atoms with Gasteiger partial charge in [-0.1, -0.05) is 0 Å². The minimum absolute atomic E-state index is 0.136. The summed E-state index contributed by atoms with van der Waals surface area (Å²) in [7, 11) is 2.07. The number of rotatable bonds is 5. The first-order valence-electron chi connectivity index (χ1n) is 6.53. The van der Waals surface area contributed by atoms with E-state index < -0.39 is 11.9 Å². The molecule has 1 unspecified atom stereocenters. The number of carboxylic acid groups (broad SMARTS) is 1. The second-order valence-corrected chi connectivity index (χ2v) is 5.21. The van der Waals surface area contributed by atoms with E-state index in [0.717, 1.165) is 6.54 Å². The fourth-order valence-corrected chi connectivity index (χ4v) is 2.30. The predicted molar refractivity (Wildman–Crippen MR) is 66.4 cm³/mol. The van der Waals surface area contributed by atoms with Crippen molar-refractivity contribution in [2.24, 2.45) is 5.92 Å². The van der Waals surface area contributed by atoms with Crippen LogP contribution in [0.2, 0.25) is 0 Å². The Morgan fingerprint density at radius 2 is 2.11 bits per heavy atom. The van der Waals surface area contributed by atoms with Gasteiger partial charge in [0.1, 0.15) is 0 Å². The van der Waals surface area contributed by atoms with Crippen LogP contribution in [0.25, 0.3) is 0 Å². The number of amides is 2. The van der Waals surface area contributed by atoms with Gasteiger partial charge in [0.25, 0.3) is 0 Å². The standard InChI is InChI=1S/C12H21N3O3/c1-14(10-2-3-10)7-5-13-12(18)15-6-4-9(8-15)11(16)17/h9-10H,2-8H2,1H3,(H,13,18)(H,16,17). The van der Waals surface area contributed by atoms with Crippen LogP contribution in [0.5, 0.6) is 0 Å². The van der Waals surface area contributed by atoms with E-state index in [1.165, 1.54) is 12.8 Å². The molecule has 1 heterocycles. The maximum atomic E-state index is 11.8. The van der Waals surface area contributed by atoms with Gasteiger partial charge in [-0.3, -0.25) is 4.79 Å². The number of carboxylic acids is 1. The quantitative estimate of drug-likeness (QED) is 0.736. The van der Waals surface area contributed by atoms with Gasteiger partial charge in [-0.25, -0.2) is 4.79 Å². The molecule has 2 fully saturated rings. The Hall–Kier alpha value is -1.30. The molecule has 0 aromatic carbocycles. The topological polar surface area (TPSA) is 72.9 Å². The summed E-state index contributed by atoms with van der Waals surface area (Å²) in [5.41, 5.74) is 0. The molecule has 102 valence electrons. The molecule has 18 heavy (non-hydrogen) atoms. The summed E-state index contributed by atoms with van der Waals surface area (Å²) >= 11 is 0. The molecule has 2 rings (SSSR count). The maximum absolute atomic E-state index is 11.8. The van der Waals surface area contributed by atoms with Crippen molar-refractivity contribution >= 4 is 12.0 Å². The first-order valence-corrected chi connectivity index (χ1v) is 6.53. The molecule has 1 saturated carbocycles. The maximum Gasteiger partial charge on any atom is 0.317 e. The lowest BCUT2D eigenvalue weighted by Gasteiger charge is -2.19. The molecule has 1 saturated heterocycles. The van der Waals surface area contributed by atoms with Crippen molar-refractivity contribution in [3.63, 3.8) is 0 Å². The average Bonchev–Trinajstić information content (AvgIpc) is 3.05. The minimum atomic E-state index is -0.807. The van der Waals surface area contributed by atoms with E-state index in [4.69, 9.17) is 5.11 Å². The number of hydrogen-bond donors (Lipinski definition) is 2. The minimum Gasteiger partial charge on any atom is -0.481 e. The van der Waals surface area contributed by atoms with Crippen LogP contribution < -0.4 is 5.32 Å². The van der Waals surface area contributed by atoms with Gasteiger partial charge in [0.15, 0.2) is 0 Å². The fraction of sp³-hybridized carbons (Fsp3) is 0.833. The third kappa shape index (κ3) is 3.35. The van der Waals surface area contributed by atoms with Gasteiger partial charge >= 0.3 is 12.0 Å². The fourth-order valence-electron chi connectivity index (χ4n) is 2.30. The van der Waals surface area contributed by atoms with Crippen LogP contribution in [0.1, 0.15) is 19.3 Å². The van der Waals surface area contributed by atoms with Gasteiger partial charge in [0.2, 0.25) is 0 Å². The van der Waals surface area contributed by atoms with Gasteiger partial charge in [-0.2, -0.15) is 0 Å². The Morgan fingerprint density at radius 3 is 2.67 bits per heavy atom. The molecule has 2 N–H and O–H groups in total. The second kappa shape index (κ2) is 5.56. The van der Waals surface area contributed by atoms with Crippen LogP contribution in [0.4, 0.5) is 4.79 Å². The number of likely N-dealkylation sites (tertiary alicyclic amines) is 1. The lowest BCUT2D eigenvalue weighted by Crippen LogP contribution is -2.42. The molecule has 0 bridgehead atoms. The molecule has 1 aliphatic carbocycles. The van der Waals surface area contributed by atoms with Gasteiger partial charge < -0.3 is 20.2 Å². The summed E-state index contributed by atoms with van der Waals surface area (Å²) in [6.07, 6.45) is 3.08. The molecule has 1 atom stereocenters. The van der Waals surface area contributed by atoms with E-state index in [2.05, 4.69) is 17.3 Å². The van der Waals surface area contributed by atoms with E-state index >= 15 is 0 Å². The van der Waals surface area contributed by atoms with Crippen molar-refractivity contribution in [1.82, 2.24) is 15.1 Å². The Morgan fingerprint density at radius 1 is 1.39 bits per heavy atom. The number of carbonyl (C=O) groups excluding carboxylic acids is 1. The summed E-state index contributed by atoms with van der Waals surface area (Å²) in [6.45, 7) is 2.35. The lowest BCUT2D eigenvalue weighted by atomic mass is 10.1. The molecule has 6 nitrogen and oxygen atoms in total. The molecule has 2 amide bonds. The zero-order valence-corrected chi connectivity index (χ0v) is 10.8. The highest BCUT2D eigenvalue weighted by Gasteiger charge is 2.31. The zero-order chi connectivity index (χ0) is 13.1. The van der Waals surface area contributed by atoms with E-state index in [0.29, 0.717) is 32.1 Å². The Balaban J connectivity index is 1.64. The largest absolute Gasteiger partial charge is 0.481 e. The van der Waals surface area contributed by atoms with Crippen LogP contribution in [0.15, 0.2) is 0 Å². The second-order valence-electron chi connectivity index (χ2n) is 5.21. The Bertz CT molecular complexity index is 331. The highest BCUT2D eigenvalue weighted by atomic mass is 16.4. The van der Waals surface area contributed by atoms with Gasteiger partial charge in [0, 0.05) is 32.2 Å². The molecule has 6 heteroatoms. The molecule has 0 radical (unpaired) electrons. The zero-order valence-electron chi connectivity index (χ0n) is 10.8. The molecule has 0 aromatic rings. The number of hydrogen-bond acceptors (Lipinski definition) is 3. The van der Waals surface area contributed by atoms with Crippen molar-refractivity contribution in [2.75, 3.05) is 33.2 Å². The summed E-state index contributed by atoms with van der Waals surface area (Å²) in [5.74, 6) is -1.20. The summed E-state index contributed by atoms with van der Waals surface area (Å²) in [5, 5.41) is 11.7. The summed E-state index contributed by atoms with van der Waals surface area (Å²) in [6, 6.07) is 0.563. The molecule has 2 aliphatic rings. The average molecular weight is 255 g/mol. The van der Waals surface area contributed by atoms with E-state index in [1.54, 1.807) is 4.90 Å². The van der Waals surface area contributed by atoms with Crippen LogP contribution in [0.3, 0.4) is 0 Å². The van der Waals surface area contributed by atoms with Crippen LogP contribution >= 0.6 is 0 Å². The van der Waals surface area contributed by atoms with Gasteiger partial charge in [0.05, 0.1) is 5.92 Å². The Labute approximate surface area is 107 Å². The van der Waals surface area contributed by atoms with Gasteiger partial charge in [-0.05, 0) is 26.3 Å². The summed E-state index contributed by atoms with van der Waals surface area (Å²) in [4.78, 5) is 26.4. The number of urea groups is 1. The molecular weight excluding hydrogens is 234 g/mol. The van der Waals surface area contributed by atoms with Crippen LogP contribution in [-0.4, -0.2) is 66.2 Å². The smallest absolute Gasteiger partial charge is 0.317 e. The molecule has 0 spiro atoms. The Kier molecular flexibility index (Phi) is 4.06. The van der Waals surface area contributed by atoms with Crippen molar-refractivity contribution < 1.29 is 14.7 Å². The number of nitrogens with one attached hydrogen (secondary N) is 1. The molecule has 0 aromatic heterocycles. The first-order chi connectivity index (χ1) is 8.58. The van der Waals surface area contributed by atoms with Crippen LogP contribution in [0, 0.1) is 5.92 Å². The number of likely N-dealkylation sites (N-methyl/N-ethyl adjacent to an activating group) is 1.